The summed E-state index contributed by atoms with van der Waals surface area (Å²) in [6.07, 6.45) is 0. The summed E-state index contributed by atoms with van der Waals surface area (Å²) in [5, 5.41) is 12.7. The number of hydrogen-bond donors (Lipinski definition) is 2. The topological polar surface area (TPSA) is 71.5 Å². The monoisotopic (exact) mass is 307 g/mol. The number of nitrogens with two attached hydrogens (primary N) is 1. The van der Waals surface area contributed by atoms with E-state index in [1.54, 1.807) is 0 Å². The molecular weight excluding hydrogens is 294 g/mol. The van der Waals surface area contributed by atoms with Gasteiger partial charge in [0.1, 0.15) is 0 Å². The number of amidine groups is 1. The van der Waals surface area contributed by atoms with E-state index in [-0.39, 0.29) is 5.84 Å². The number of aromatic nitrogens is 1. The zero-order valence-electron chi connectivity index (χ0n) is 11.1. The number of hydrogen-bond acceptors (Lipinski definition) is 4. The molecule has 2 rings (SSSR count). The Bertz CT molecular complexity index is 673. The summed E-state index contributed by atoms with van der Waals surface area (Å²) in [6.45, 7) is 3.74. The second-order valence-electron chi connectivity index (χ2n) is 4.27. The van der Waals surface area contributed by atoms with Crippen LogP contribution in [0.15, 0.2) is 45.3 Å². The molecule has 0 aliphatic rings. The van der Waals surface area contributed by atoms with E-state index in [0.29, 0.717) is 10.6 Å². The minimum Gasteiger partial charge on any atom is -0.409 e. The van der Waals surface area contributed by atoms with E-state index in [4.69, 9.17) is 22.5 Å². The highest BCUT2D eigenvalue weighted by atomic mass is 35.5. The van der Waals surface area contributed by atoms with Crippen LogP contribution in [0.1, 0.15) is 17.0 Å². The number of aryl methyl sites for hydroxylation is 2. The van der Waals surface area contributed by atoms with E-state index in [2.05, 4.69) is 10.1 Å². The van der Waals surface area contributed by atoms with Crippen LogP contribution in [0.5, 0.6) is 0 Å². The molecule has 0 unspecified atom stereocenters. The third-order valence-electron chi connectivity index (χ3n) is 2.68. The average Bonchev–Trinajstić information content (AvgIpc) is 2.37. The first-order valence-electron chi connectivity index (χ1n) is 5.91. The standard InChI is InChI=1S/C14H14ClN3OS/c1-8-6-12(13(9(2)17-8)14(16)18-19)20-11-5-3-4-10(15)7-11/h3-7,19H,1-2H3,(H2,16,18). The molecule has 6 heteroatoms. The van der Waals surface area contributed by atoms with Crippen LogP contribution in [-0.4, -0.2) is 16.0 Å². The minimum atomic E-state index is 0.0551. The Balaban J connectivity index is 2.50. The molecule has 0 aliphatic heterocycles. The van der Waals surface area contributed by atoms with Crippen molar-refractivity contribution in [1.29, 1.82) is 0 Å². The lowest BCUT2D eigenvalue weighted by molar-refractivity contribution is 0.318. The fraction of sp³-hybridized carbons (Fsp3) is 0.143. The Morgan fingerprint density at radius 3 is 2.75 bits per heavy atom. The first-order valence-corrected chi connectivity index (χ1v) is 7.10. The second kappa shape index (κ2) is 6.15. The number of oxime groups is 1. The highest BCUT2D eigenvalue weighted by Crippen LogP contribution is 2.33. The van der Waals surface area contributed by atoms with Gasteiger partial charge in [-0.05, 0) is 38.1 Å². The fourth-order valence-corrected chi connectivity index (χ4v) is 3.32. The molecule has 104 valence electrons. The largest absolute Gasteiger partial charge is 0.409 e. The maximum atomic E-state index is 8.92. The molecule has 3 N–H and O–H groups in total. The zero-order valence-corrected chi connectivity index (χ0v) is 12.7. The molecule has 0 amide bonds. The number of benzene rings is 1. The lowest BCUT2D eigenvalue weighted by atomic mass is 10.1. The van der Waals surface area contributed by atoms with E-state index in [9.17, 15) is 0 Å². The normalized spacial score (nSPS) is 11.7. The molecule has 1 heterocycles. The summed E-state index contributed by atoms with van der Waals surface area (Å²) in [5.41, 5.74) is 7.99. The number of pyridine rings is 1. The number of nitrogens with zero attached hydrogens (tertiary/aromatic N) is 2. The SMILES string of the molecule is Cc1cc(Sc2cccc(Cl)c2)c(/C(N)=N/O)c(C)n1. The van der Waals surface area contributed by atoms with E-state index < -0.39 is 0 Å². The maximum absolute atomic E-state index is 8.92. The minimum absolute atomic E-state index is 0.0551. The van der Waals surface area contributed by atoms with E-state index in [0.717, 1.165) is 21.2 Å². The van der Waals surface area contributed by atoms with Gasteiger partial charge in [0.05, 0.1) is 5.56 Å². The summed E-state index contributed by atoms with van der Waals surface area (Å²) in [5.74, 6) is 0.0551. The Morgan fingerprint density at radius 2 is 2.10 bits per heavy atom. The van der Waals surface area contributed by atoms with Crippen LogP contribution in [0, 0.1) is 13.8 Å². The Hall–Kier alpha value is -1.72. The molecule has 0 spiro atoms. The highest BCUT2D eigenvalue weighted by Gasteiger charge is 2.14. The molecule has 20 heavy (non-hydrogen) atoms. The second-order valence-corrected chi connectivity index (χ2v) is 5.82. The zero-order chi connectivity index (χ0) is 14.7. The van der Waals surface area contributed by atoms with Gasteiger partial charge in [-0.2, -0.15) is 0 Å². The van der Waals surface area contributed by atoms with Crippen molar-refractivity contribution in [1.82, 2.24) is 4.98 Å². The predicted molar refractivity (Wildman–Crippen MR) is 81.8 cm³/mol. The van der Waals surface area contributed by atoms with E-state index in [1.165, 1.54) is 11.8 Å². The number of rotatable bonds is 3. The molecule has 1 aromatic heterocycles. The van der Waals surface area contributed by atoms with Gasteiger partial charge in [0.25, 0.3) is 0 Å². The van der Waals surface area contributed by atoms with Crippen molar-refractivity contribution < 1.29 is 5.21 Å². The fourth-order valence-electron chi connectivity index (χ4n) is 1.89. The lowest BCUT2D eigenvalue weighted by Crippen LogP contribution is -2.17. The quantitative estimate of drug-likeness (QED) is 0.393. The van der Waals surface area contributed by atoms with Crippen molar-refractivity contribution in [3.63, 3.8) is 0 Å². The first-order chi connectivity index (χ1) is 9.51. The van der Waals surface area contributed by atoms with E-state index in [1.807, 2.05) is 44.2 Å². The predicted octanol–water partition coefficient (Wildman–Crippen LogP) is 3.60. The van der Waals surface area contributed by atoms with Crippen LogP contribution in [0.25, 0.3) is 0 Å². The first kappa shape index (κ1) is 14.7. The van der Waals surface area contributed by atoms with Gasteiger partial charge in [-0.1, -0.05) is 34.6 Å². The molecule has 0 bridgehead atoms. The van der Waals surface area contributed by atoms with Crippen molar-refractivity contribution >= 4 is 29.2 Å². The molecule has 0 saturated heterocycles. The van der Waals surface area contributed by atoms with Crippen LogP contribution >= 0.6 is 23.4 Å². The van der Waals surface area contributed by atoms with Crippen LogP contribution < -0.4 is 5.73 Å². The molecule has 0 atom stereocenters. The van der Waals surface area contributed by atoms with Crippen LogP contribution in [-0.2, 0) is 0 Å². The Labute approximate surface area is 126 Å². The van der Waals surface area contributed by atoms with Crippen molar-refractivity contribution in [3.05, 3.63) is 52.3 Å². The molecule has 0 saturated carbocycles. The summed E-state index contributed by atoms with van der Waals surface area (Å²) in [4.78, 5) is 6.21. The Kier molecular flexibility index (Phi) is 4.52. The van der Waals surface area contributed by atoms with Gasteiger partial charge in [-0.3, -0.25) is 4.98 Å². The summed E-state index contributed by atoms with van der Waals surface area (Å²) in [6, 6.07) is 9.44. The Morgan fingerprint density at radius 1 is 1.35 bits per heavy atom. The molecule has 4 nitrogen and oxygen atoms in total. The summed E-state index contributed by atoms with van der Waals surface area (Å²) >= 11 is 7.49. The average molecular weight is 308 g/mol. The van der Waals surface area contributed by atoms with Crippen molar-refractivity contribution in [3.8, 4) is 0 Å². The van der Waals surface area contributed by atoms with Gasteiger partial charge in [-0.15, -0.1) is 0 Å². The molecule has 0 aliphatic carbocycles. The van der Waals surface area contributed by atoms with Gasteiger partial charge >= 0.3 is 0 Å². The molecule has 2 aromatic rings. The van der Waals surface area contributed by atoms with Gasteiger partial charge in [0.15, 0.2) is 5.84 Å². The number of halogens is 1. The maximum Gasteiger partial charge on any atom is 0.173 e. The van der Waals surface area contributed by atoms with Crippen LogP contribution in [0.4, 0.5) is 0 Å². The third kappa shape index (κ3) is 3.23. The van der Waals surface area contributed by atoms with Crippen LogP contribution in [0.3, 0.4) is 0 Å². The smallest absolute Gasteiger partial charge is 0.173 e. The highest BCUT2D eigenvalue weighted by molar-refractivity contribution is 7.99. The van der Waals surface area contributed by atoms with E-state index >= 15 is 0 Å². The van der Waals surface area contributed by atoms with Gasteiger partial charge in [0, 0.05) is 26.2 Å². The molecule has 0 radical (unpaired) electrons. The molecule has 0 fully saturated rings. The molecule has 1 aromatic carbocycles. The van der Waals surface area contributed by atoms with Crippen LogP contribution in [0.2, 0.25) is 5.02 Å². The van der Waals surface area contributed by atoms with Gasteiger partial charge < -0.3 is 10.9 Å². The lowest BCUT2D eigenvalue weighted by Gasteiger charge is -2.12. The van der Waals surface area contributed by atoms with Gasteiger partial charge in [0.2, 0.25) is 0 Å². The van der Waals surface area contributed by atoms with Gasteiger partial charge in [-0.25, -0.2) is 0 Å². The van der Waals surface area contributed by atoms with Crippen molar-refractivity contribution in [2.24, 2.45) is 10.9 Å². The molecular formula is C14H14ClN3OS. The van der Waals surface area contributed by atoms with Crippen molar-refractivity contribution in [2.45, 2.75) is 23.6 Å². The van der Waals surface area contributed by atoms with Crippen molar-refractivity contribution in [2.75, 3.05) is 0 Å². The summed E-state index contributed by atoms with van der Waals surface area (Å²) in [7, 11) is 0. The third-order valence-corrected chi connectivity index (χ3v) is 3.95. The summed E-state index contributed by atoms with van der Waals surface area (Å²) < 4.78 is 0.